The van der Waals surface area contributed by atoms with Gasteiger partial charge in [-0.05, 0) is 72.3 Å². The Morgan fingerprint density at radius 2 is 1.48 bits per heavy atom. The highest BCUT2D eigenvalue weighted by molar-refractivity contribution is 7.89. The minimum atomic E-state index is -3.73. The fourth-order valence-corrected chi connectivity index (χ4v) is 5.06. The highest BCUT2D eigenvalue weighted by Gasteiger charge is 2.17. The number of nitrogens with zero attached hydrogens (tertiary/aromatic N) is 5. The number of benzene rings is 4. The van der Waals surface area contributed by atoms with Crippen molar-refractivity contribution in [2.45, 2.75) is 4.90 Å². The number of sulfonamides is 1. The number of carbonyl (C=O) groups is 4. The lowest BCUT2D eigenvalue weighted by atomic mass is 10.1. The average molecular weight is 775 g/mol. The van der Waals surface area contributed by atoms with Crippen LogP contribution in [0, 0.1) is 10.1 Å². The average Bonchev–Trinajstić information content (AvgIpc) is 3.16. The molecule has 0 aliphatic carbocycles. The molecular weight excluding hydrogens is 748 g/mol. The van der Waals surface area contributed by atoms with Gasteiger partial charge in [0.15, 0.2) is 6.29 Å². The molecule has 0 atom stereocenters. The van der Waals surface area contributed by atoms with Gasteiger partial charge in [-0.2, -0.15) is 0 Å². The standard InChI is InChI=1S/C16H15N5O3S.C9H5ClN2O2.C9H7NO5/c1-18-15(22)10-2-3-11-9-19-16(21-14(11)8-10)20-12-4-6-13(7-5-12)25(17,23)24;10-9-11-4-6-2-1-5(8(13)14)3-7(6)12-9;1-15-9(12)6-2-3-7(5-11)8(4-6)10(13)14/h2-9H,1H3,(H,18,22)(H2,17,23,24)(H,19,20,21);1-4H,(H,13,14);2-5H,1H3. The quantitative estimate of drug-likeness (QED) is 0.0542. The molecule has 0 aliphatic heterocycles. The summed E-state index contributed by atoms with van der Waals surface area (Å²) in [5.74, 6) is -1.55. The maximum atomic E-state index is 11.7. The first kappa shape index (κ1) is 39.8. The van der Waals surface area contributed by atoms with Crippen LogP contribution in [0.3, 0.4) is 0 Å². The summed E-state index contributed by atoms with van der Waals surface area (Å²) < 4.78 is 26.9. The number of primary sulfonamides is 1. The van der Waals surface area contributed by atoms with Gasteiger partial charge in [0.2, 0.25) is 21.3 Å². The number of nitro benzene ring substituents is 1. The molecular formula is C34H27ClN8O10S. The molecule has 18 nitrogen and oxygen atoms in total. The molecule has 0 radical (unpaired) electrons. The predicted molar refractivity (Wildman–Crippen MR) is 195 cm³/mol. The lowest BCUT2D eigenvalue weighted by molar-refractivity contribution is -0.385. The van der Waals surface area contributed by atoms with E-state index in [1.54, 1.807) is 55.8 Å². The zero-order valence-corrected chi connectivity index (χ0v) is 29.5. The molecule has 2 aromatic heterocycles. The fraction of sp³-hybridized carbons (Fsp3) is 0.0588. The molecule has 0 fully saturated rings. The van der Waals surface area contributed by atoms with Crippen LogP contribution in [0.4, 0.5) is 17.3 Å². The molecule has 0 saturated heterocycles. The van der Waals surface area contributed by atoms with E-state index in [1.165, 1.54) is 43.5 Å². The number of fused-ring (bicyclic) bond motifs is 2. The Bertz CT molecular complexity index is 2520. The Kier molecular flexibility index (Phi) is 12.9. The van der Waals surface area contributed by atoms with Gasteiger partial charge in [-0.15, -0.1) is 0 Å². The molecule has 0 aliphatic rings. The monoisotopic (exact) mass is 774 g/mol. The second-order valence-electron chi connectivity index (χ2n) is 10.6. The van der Waals surface area contributed by atoms with Gasteiger partial charge >= 0.3 is 11.9 Å². The van der Waals surface area contributed by atoms with Crippen LogP contribution < -0.4 is 15.8 Å². The van der Waals surface area contributed by atoms with E-state index in [4.69, 9.17) is 21.8 Å². The van der Waals surface area contributed by atoms with Gasteiger partial charge < -0.3 is 20.5 Å². The van der Waals surface area contributed by atoms with Gasteiger partial charge in [-0.1, -0.05) is 12.1 Å². The number of nitrogens with one attached hydrogen (secondary N) is 2. The van der Waals surface area contributed by atoms with E-state index in [-0.39, 0.29) is 32.8 Å². The third kappa shape index (κ3) is 10.3. The summed E-state index contributed by atoms with van der Waals surface area (Å²) >= 11 is 5.58. The number of rotatable bonds is 8. The second kappa shape index (κ2) is 17.5. The zero-order valence-electron chi connectivity index (χ0n) is 28.0. The maximum absolute atomic E-state index is 11.7. The maximum Gasteiger partial charge on any atom is 0.338 e. The molecule has 5 N–H and O–H groups in total. The summed E-state index contributed by atoms with van der Waals surface area (Å²) in [4.78, 5) is 70.0. The molecule has 20 heteroatoms. The number of carboxylic acid groups (broad SMARTS) is 1. The molecule has 0 saturated carbocycles. The van der Waals surface area contributed by atoms with Crippen LogP contribution in [-0.4, -0.2) is 76.7 Å². The Labute approximate surface area is 310 Å². The van der Waals surface area contributed by atoms with Gasteiger partial charge in [0, 0.05) is 47.5 Å². The number of aldehydes is 1. The number of esters is 1. The number of aromatic nitrogens is 4. The minimum absolute atomic E-state index is 0.0210. The number of nitro groups is 1. The normalized spacial score (nSPS) is 10.5. The number of hydrogen-bond acceptors (Lipinski definition) is 14. The van der Waals surface area contributed by atoms with E-state index < -0.39 is 32.6 Å². The van der Waals surface area contributed by atoms with Crippen LogP contribution in [-0.2, 0) is 14.8 Å². The van der Waals surface area contributed by atoms with Crippen LogP contribution >= 0.6 is 11.6 Å². The Balaban J connectivity index is 0.000000193. The summed E-state index contributed by atoms with van der Waals surface area (Å²) in [7, 11) is -1.00. The van der Waals surface area contributed by atoms with Crippen LogP contribution in [0.15, 0.2) is 96.2 Å². The third-order valence-corrected chi connectivity index (χ3v) is 8.20. The molecule has 6 aromatic rings. The first-order valence-electron chi connectivity index (χ1n) is 15.0. The number of halogens is 1. The molecule has 54 heavy (non-hydrogen) atoms. The van der Waals surface area contributed by atoms with Gasteiger partial charge in [0.05, 0.1) is 44.7 Å². The van der Waals surface area contributed by atoms with Crippen molar-refractivity contribution in [2.24, 2.45) is 5.14 Å². The number of methoxy groups -OCH3 is 1. The number of anilines is 2. The number of ether oxygens (including phenoxy) is 1. The summed E-state index contributed by atoms with van der Waals surface area (Å²) in [5.41, 5.74) is 1.98. The highest BCUT2D eigenvalue weighted by atomic mass is 35.5. The molecule has 4 aromatic carbocycles. The molecule has 0 unspecified atom stereocenters. The molecule has 0 bridgehead atoms. The third-order valence-electron chi connectivity index (χ3n) is 7.09. The first-order chi connectivity index (χ1) is 25.6. The van der Waals surface area contributed by atoms with Crippen molar-refractivity contribution in [3.8, 4) is 0 Å². The van der Waals surface area contributed by atoms with Crippen LogP contribution in [0.25, 0.3) is 21.8 Å². The number of carboxylic acids is 1. The largest absolute Gasteiger partial charge is 0.478 e. The number of aromatic carboxylic acids is 1. The minimum Gasteiger partial charge on any atom is -0.478 e. The predicted octanol–water partition coefficient (Wildman–Crippen LogP) is 4.56. The molecule has 1 amide bonds. The molecule has 276 valence electrons. The summed E-state index contributed by atoms with van der Waals surface area (Å²) in [6.45, 7) is 0. The van der Waals surface area contributed by atoms with Crippen molar-refractivity contribution < 1.29 is 42.4 Å². The van der Waals surface area contributed by atoms with E-state index in [2.05, 4.69) is 35.3 Å². The lowest BCUT2D eigenvalue weighted by Gasteiger charge is -2.07. The number of amides is 1. The van der Waals surface area contributed by atoms with E-state index in [1.807, 2.05) is 0 Å². The van der Waals surface area contributed by atoms with Crippen LogP contribution in [0.5, 0.6) is 0 Å². The van der Waals surface area contributed by atoms with Gasteiger partial charge in [0.1, 0.15) is 0 Å². The molecule has 2 heterocycles. The number of nitrogens with two attached hydrogens (primary N) is 1. The Morgan fingerprint density at radius 3 is 2.06 bits per heavy atom. The van der Waals surface area contributed by atoms with E-state index in [0.29, 0.717) is 34.5 Å². The smallest absolute Gasteiger partial charge is 0.338 e. The summed E-state index contributed by atoms with van der Waals surface area (Å²) in [6.07, 6.45) is 3.55. The zero-order chi connectivity index (χ0) is 39.6. The lowest BCUT2D eigenvalue weighted by Crippen LogP contribution is -2.17. The second-order valence-corrected chi connectivity index (χ2v) is 12.5. The van der Waals surface area contributed by atoms with E-state index >= 15 is 0 Å². The first-order valence-corrected chi connectivity index (χ1v) is 16.9. The number of hydrogen-bond donors (Lipinski definition) is 4. The van der Waals surface area contributed by atoms with Crippen molar-refractivity contribution in [1.82, 2.24) is 25.3 Å². The summed E-state index contributed by atoms with van der Waals surface area (Å²) in [6, 6.07) is 19.2. The topological polar surface area (TPSA) is 277 Å². The van der Waals surface area contributed by atoms with E-state index in [0.717, 1.165) is 16.8 Å². The van der Waals surface area contributed by atoms with Gasteiger partial charge in [-0.3, -0.25) is 19.7 Å². The highest BCUT2D eigenvalue weighted by Crippen LogP contribution is 2.21. The van der Waals surface area contributed by atoms with Crippen molar-refractivity contribution in [1.29, 1.82) is 0 Å². The van der Waals surface area contributed by atoms with Crippen molar-refractivity contribution in [3.05, 3.63) is 129 Å². The molecule has 6 rings (SSSR count). The van der Waals surface area contributed by atoms with Gasteiger partial charge in [-0.25, -0.2) is 43.1 Å². The van der Waals surface area contributed by atoms with Gasteiger partial charge in [0.25, 0.3) is 11.6 Å². The fourth-order valence-electron chi connectivity index (χ4n) is 4.41. The van der Waals surface area contributed by atoms with Crippen molar-refractivity contribution in [3.63, 3.8) is 0 Å². The number of carbonyl (C=O) groups excluding carboxylic acids is 3. The Morgan fingerprint density at radius 1 is 0.889 bits per heavy atom. The van der Waals surface area contributed by atoms with Crippen LogP contribution in [0.1, 0.15) is 41.4 Å². The van der Waals surface area contributed by atoms with Crippen LogP contribution in [0.2, 0.25) is 5.28 Å². The summed E-state index contributed by atoms with van der Waals surface area (Å²) in [5, 5.41) is 31.5. The Hall–Kier alpha value is -6.96. The van der Waals surface area contributed by atoms with Crippen molar-refractivity contribution >= 4 is 84.9 Å². The SMILES string of the molecule is CNC(=O)c1ccc2cnc(Nc3ccc(S(N)(=O)=O)cc3)nc2c1.COC(=O)c1ccc(C=O)c([N+](=O)[O-])c1.O=C(O)c1ccc2cnc(Cl)nc2c1. The van der Waals surface area contributed by atoms with Crippen molar-refractivity contribution in [2.75, 3.05) is 19.5 Å². The van der Waals surface area contributed by atoms with E-state index in [9.17, 15) is 37.7 Å². The molecule has 0 spiro atoms.